The standard InChI is InChI=1S/C24H32O4/c1-3-5-17-28-22-15-13-21(14-16-22)24(26,19-7-6-8-19)20-11-9-18(10-12-20)23(25)27-4-2/h9-13,15-16,19,21,26H,3-8,14,17H2,1-2H3. The highest BCUT2D eigenvalue weighted by Crippen LogP contribution is 2.49. The van der Waals surface area contributed by atoms with Crippen LogP contribution in [0, 0.1) is 11.8 Å². The number of carbonyl (C=O) groups excluding carboxylic acids is 1. The summed E-state index contributed by atoms with van der Waals surface area (Å²) in [7, 11) is 0. The molecule has 0 heterocycles. The molecule has 0 radical (unpaired) electrons. The Hall–Kier alpha value is -2.07. The summed E-state index contributed by atoms with van der Waals surface area (Å²) < 4.78 is 10.9. The van der Waals surface area contributed by atoms with Crippen molar-refractivity contribution in [2.24, 2.45) is 11.8 Å². The lowest BCUT2D eigenvalue weighted by Gasteiger charge is -2.46. The second-order valence-corrected chi connectivity index (χ2v) is 7.76. The van der Waals surface area contributed by atoms with Gasteiger partial charge in [-0.2, -0.15) is 0 Å². The number of benzene rings is 1. The third-order valence-corrected chi connectivity index (χ3v) is 5.98. The van der Waals surface area contributed by atoms with Gasteiger partial charge < -0.3 is 14.6 Å². The van der Waals surface area contributed by atoms with Crippen LogP contribution < -0.4 is 0 Å². The number of allylic oxidation sites excluding steroid dienone is 2. The van der Waals surface area contributed by atoms with Gasteiger partial charge in [0.1, 0.15) is 5.76 Å². The van der Waals surface area contributed by atoms with Crippen LogP contribution in [0.25, 0.3) is 0 Å². The zero-order chi connectivity index (χ0) is 20.0. The molecule has 1 saturated carbocycles. The summed E-state index contributed by atoms with van der Waals surface area (Å²) in [6.45, 7) is 5.04. The lowest BCUT2D eigenvalue weighted by molar-refractivity contribution is -0.0894. The maximum atomic E-state index is 11.9. The van der Waals surface area contributed by atoms with E-state index in [1.807, 2.05) is 18.2 Å². The van der Waals surface area contributed by atoms with Gasteiger partial charge in [-0.1, -0.05) is 38.0 Å². The molecule has 2 atom stereocenters. The number of unbranched alkanes of at least 4 members (excludes halogenated alkanes) is 1. The number of esters is 1. The van der Waals surface area contributed by atoms with Gasteiger partial charge in [0.15, 0.2) is 0 Å². The highest BCUT2D eigenvalue weighted by molar-refractivity contribution is 5.89. The van der Waals surface area contributed by atoms with Crippen molar-refractivity contribution in [2.45, 2.75) is 58.0 Å². The Labute approximate surface area is 168 Å². The average molecular weight is 385 g/mol. The third-order valence-electron chi connectivity index (χ3n) is 5.98. The first-order valence-electron chi connectivity index (χ1n) is 10.6. The monoisotopic (exact) mass is 384 g/mol. The quantitative estimate of drug-likeness (QED) is 0.474. The van der Waals surface area contributed by atoms with Crippen LogP contribution in [0.3, 0.4) is 0 Å². The predicted molar refractivity (Wildman–Crippen MR) is 110 cm³/mol. The maximum absolute atomic E-state index is 11.9. The Bertz CT molecular complexity index is 715. The van der Waals surface area contributed by atoms with Crippen LogP contribution in [-0.2, 0) is 15.1 Å². The molecule has 1 aromatic carbocycles. The first kappa shape index (κ1) is 20.7. The van der Waals surface area contributed by atoms with Crippen molar-refractivity contribution < 1.29 is 19.4 Å². The highest BCUT2D eigenvalue weighted by atomic mass is 16.5. The van der Waals surface area contributed by atoms with E-state index in [0.29, 0.717) is 12.2 Å². The molecule has 4 nitrogen and oxygen atoms in total. The summed E-state index contributed by atoms with van der Waals surface area (Å²) in [5, 5.41) is 11.8. The number of hydrogen-bond acceptors (Lipinski definition) is 4. The van der Waals surface area contributed by atoms with Crippen molar-refractivity contribution in [2.75, 3.05) is 13.2 Å². The topological polar surface area (TPSA) is 55.8 Å². The van der Waals surface area contributed by atoms with E-state index in [9.17, 15) is 9.90 Å². The molecule has 2 aliphatic carbocycles. The van der Waals surface area contributed by atoms with Gasteiger partial charge in [-0.15, -0.1) is 0 Å². The van der Waals surface area contributed by atoms with Crippen LogP contribution in [0.4, 0.5) is 0 Å². The van der Waals surface area contributed by atoms with Gasteiger partial charge in [-0.3, -0.25) is 0 Å². The van der Waals surface area contributed by atoms with Gasteiger partial charge in [0, 0.05) is 5.92 Å². The van der Waals surface area contributed by atoms with Gasteiger partial charge in [0.25, 0.3) is 0 Å². The number of aliphatic hydroxyl groups is 1. The van der Waals surface area contributed by atoms with Crippen LogP contribution >= 0.6 is 0 Å². The lowest BCUT2D eigenvalue weighted by atomic mass is 9.63. The number of ether oxygens (including phenoxy) is 2. The van der Waals surface area contributed by atoms with Crippen molar-refractivity contribution in [1.82, 2.24) is 0 Å². The molecule has 28 heavy (non-hydrogen) atoms. The first-order valence-corrected chi connectivity index (χ1v) is 10.6. The largest absolute Gasteiger partial charge is 0.494 e. The van der Waals surface area contributed by atoms with Crippen LogP contribution in [-0.4, -0.2) is 24.3 Å². The fourth-order valence-electron chi connectivity index (χ4n) is 4.06. The van der Waals surface area contributed by atoms with Crippen LogP contribution in [0.15, 0.2) is 48.3 Å². The molecule has 0 amide bonds. The predicted octanol–water partition coefficient (Wildman–Crippen LogP) is 5.13. The molecule has 2 unspecified atom stereocenters. The molecule has 0 aliphatic heterocycles. The molecule has 0 bridgehead atoms. The fourth-order valence-corrected chi connectivity index (χ4v) is 4.06. The SMILES string of the molecule is CCCCOC1=CCC(C(O)(c2ccc(C(=O)OCC)cc2)C2CCC2)C=C1. The van der Waals surface area contributed by atoms with Gasteiger partial charge >= 0.3 is 5.97 Å². The van der Waals surface area contributed by atoms with E-state index in [0.717, 1.165) is 56.5 Å². The van der Waals surface area contributed by atoms with Crippen molar-refractivity contribution in [3.05, 3.63) is 59.4 Å². The zero-order valence-corrected chi connectivity index (χ0v) is 17.0. The average Bonchev–Trinajstić information content (AvgIpc) is 2.67. The van der Waals surface area contributed by atoms with Gasteiger partial charge in [-0.25, -0.2) is 4.79 Å². The second-order valence-electron chi connectivity index (χ2n) is 7.76. The molecule has 0 aromatic heterocycles. The Balaban J connectivity index is 1.76. The molecule has 0 spiro atoms. The normalized spacial score (nSPS) is 21.4. The molecular weight excluding hydrogens is 352 g/mol. The minimum absolute atomic E-state index is 0.00442. The molecule has 0 saturated heterocycles. The molecule has 4 heteroatoms. The van der Waals surface area contributed by atoms with Crippen molar-refractivity contribution in [3.63, 3.8) is 0 Å². The van der Waals surface area contributed by atoms with E-state index in [1.54, 1.807) is 19.1 Å². The van der Waals surface area contributed by atoms with Gasteiger partial charge in [0.2, 0.25) is 0 Å². The zero-order valence-electron chi connectivity index (χ0n) is 17.0. The maximum Gasteiger partial charge on any atom is 0.338 e. The number of carbonyl (C=O) groups is 1. The number of hydrogen-bond donors (Lipinski definition) is 1. The van der Waals surface area contributed by atoms with Crippen molar-refractivity contribution in [1.29, 1.82) is 0 Å². The molecule has 1 fully saturated rings. The van der Waals surface area contributed by atoms with E-state index in [2.05, 4.69) is 19.1 Å². The van der Waals surface area contributed by atoms with Gasteiger partial charge in [-0.05, 0) is 68.4 Å². The third kappa shape index (κ3) is 4.33. The minimum atomic E-state index is -0.923. The lowest BCUT2D eigenvalue weighted by Crippen LogP contribution is -2.45. The molecule has 1 aromatic rings. The minimum Gasteiger partial charge on any atom is -0.494 e. The summed E-state index contributed by atoms with van der Waals surface area (Å²) in [6, 6.07) is 7.29. The molecule has 2 aliphatic rings. The Morgan fingerprint density at radius 2 is 1.96 bits per heavy atom. The summed E-state index contributed by atoms with van der Waals surface area (Å²) in [4.78, 5) is 11.9. The van der Waals surface area contributed by atoms with E-state index in [-0.39, 0.29) is 17.8 Å². The van der Waals surface area contributed by atoms with E-state index in [4.69, 9.17) is 9.47 Å². The van der Waals surface area contributed by atoms with Crippen LogP contribution in [0.2, 0.25) is 0 Å². The van der Waals surface area contributed by atoms with E-state index >= 15 is 0 Å². The molecular formula is C24H32O4. The fraction of sp³-hybridized carbons (Fsp3) is 0.542. The summed E-state index contributed by atoms with van der Waals surface area (Å²) in [5.41, 5.74) is 0.476. The van der Waals surface area contributed by atoms with Crippen molar-refractivity contribution in [3.8, 4) is 0 Å². The molecule has 152 valence electrons. The van der Waals surface area contributed by atoms with Crippen LogP contribution in [0.5, 0.6) is 0 Å². The summed E-state index contributed by atoms with van der Waals surface area (Å²) >= 11 is 0. The smallest absolute Gasteiger partial charge is 0.338 e. The molecule has 3 rings (SSSR count). The first-order chi connectivity index (χ1) is 13.6. The highest BCUT2D eigenvalue weighted by Gasteiger charge is 2.46. The van der Waals surface area contributed by atoms with E-state index < -0.39 is 5.60 Å². The second kappa shape index (κ2) is 9.42. The summed E-state index contributed by atoms with van der Waals surface area (Å²) in [6.07, 6.45) is 12.3. The van der Waals surface area contributed by atoms with E-state index in [1.165, 1.54) is 0 Å². The number of rotatable bonds is 9. The van der Waals surface area contributed by atoms with Crippen molar-refractivity contribution >= 4 is 5.97 Å². The Morgan fingerprint density at radius 3 is 2.50 bits per heavy atom. The van der Waals surface area contributed by atoms with Gasteiger partial charge in [0.05, 0.1) is 24.4 Å². The molecule has 1 N–H and O–H groups in total. The van der Waals surface area contributed by atoms with Crippen LogP contribution in [0.1, 0.15) is 68.3 Å². The Kier molecular flexibility index (Phi) is 6.95. The summed E-state index contributed by atoms with van der Waals surface area (Å²) in [5.74, 6) is 0.824. The Morgan fingerprint density at radius 1 is 1.21 bits per heavy atom.